The van der Waals surface area contributed by atoms with Crippen LogP contribution in [0.25, 0.3) is 0 Å². The Balaban J connectivity index is 3.69. The molecule has 0 heterocycles. The highest BCUT2D eigenvalue weighted by atomic mass is 16.5. The third-order valence-electron chi connectivity index (χ3n) is 2.40. The summed E-state index contributed by atoms with van der Waals surface area (Å²) in [5, 5.41) is 3.59. The number of hydrogen-bond acceptors (Lipinski definition) is 2. The molecule has 15 heavy (non-hydrogen) atoms. The van der Waals surface area contributed by atoms with Crippen LogP contribution in [0.5, 0.6) is 0 Å². The van der Waals surface area contributed by atoms with E-state index >= 15 is 0 Å². The molecular formula is C13H29NO. The van der Waals surface area contributed by atoms with Crippen LogP contribution in [0.15, 0.2) is 0 Å². The van der Waals surface area contributed by atoms with Crippen LogP contribution < -0.4 is 5.32 Å². The first-order valence-electron chi connectivity index (χ1n) is 6.37. The van der Waals surface area contributed by atoms with Crippen molar-refractivity contribution in [1.29, 1.82) is 0 Å². The van der Waals surface area contributed by atoms with Crippen LogP contribution in [0.2, 0.25) is 0 Å². The van der Waals surface area contributed by atoms with E-state index < -0.39 is 0 Å². The number of nitrogens with one attached hydrogen (secondary N) is 1. The Morgan fingerprint density at radius 1 is 1.00 bits per heavy atom. The summed E-state index contributed by atoms with van der Waals surface area (Å²) >= 11 is 0. The highest BCUT2D eigenvalue weighted by molar-refractivity contribution is 4.70. The Morgan fingerprint density at radius 2 is 1.53 bits per heavy atom. The molecular weight excluding hydrogens is 186 g/mol. The quantitative estimate of drug-likeness (QED) is 0.597. The van der Waals surface area contributed by atoms with Gasteiger partial charge in [0, 0.05) is 19.2 Å². The summed E-state index contributed by atoms with van der Waals surface area (Å²) in [6, 6.07) is 0.658. The average molecular weight is 215 g/mol. The molecule has 92 valence electrons. The van der Waals surface area contributed by atoms with Gasteiger partial charge >= 0.3 is 0 Å². The molecule has 0 aromatic rings. The van der Waals surface area contributed by atoms with Crippen molar-refractivity contribution in [2.45, 2.75) is 53.5 Å². The number of rotatable bonds is 9. The van der Waals surface area contributed by atoms with Crippen molar-refractivity contribution in [3.8, 4) is 0 Å². The SMILES string of the molecule is CCOCCNC(CC(C)C)CC(C)C. The van der Waals surface area contributed by atoms with Gasteiger partial charge < -0.3 is 10.1 Å². The minimum atomic E-state index is 0.658. The Labute approximate surface area is 95.8 Å². The van der Waals surface area contributed by atoms with Crippen LogP contribution in [0.3, 0.4) is 0 Å². The third kappa shape index (κ3) is 10.2. The molecule has 0 aromatic heterocycles. The molecule has 2 nitrogen and oxygen atoms in total. The minimum Gasteiger partial charge on any atom is -0.380 e. The number of ether oxygens (including phenoxy) is 1. The van der Waals surface area contributed by atoms with E-state index in [0.717, 1.165) is 31.6 Å². The summed E-state index contributed by atoms with van der Waals surface area (Å²) in [6.45, 7) is 13.8. The zero-order valence-electron chi connectivity index (χ0n) is 11.2. The molecule has 0 aliphatic carbocycles. The largest absolute Gasteiger partial charge is 0.380 e. The molecule has 0 unspecified atom stereocenters. The fraction of sp³-hybridized carbons (Fsp3) is 1.00. The van der Waals surface area contributed by atoms with Gasteiger partial charge in [0.15, 0.2) is 0 Å². The maximum Gasteiger partial charge on any atom is 0.0590 e. The standard InChI is InChI=1S/C13H29NO/c1-6-15-8-7-14-13(9-11(2)3)10-12(4)5/h11-14H,6-10H2,1-5H3. The third-order valence-corrected chi connectivity index (χ3v) is 2.40. The van der Waals surface area contributed by atoms with E-state index in [4.69, 9.17) is 4.74 Å². The Bertz CT molecular complexity index is 124. The summed E-state index contributed by atoms with van der Waals surface area (Å²) in [5.74, 6) is 1.54. The van der Waals surface area contributed by atoms with E-state index in [1.54, 1.807) is 0 Å². The second-order valence-electron chi connectivity index (χ2n) is 5.11. The van der Waals surface area contributed by atoms with Gasteiger partial charge in [-0.3, -0.25) is 0 Å². The molecule has 1 N–H and O–H groups in total. The molecule has 0 atom stereocenters. The lowest BCUT2D eigenvalue weighted by Crippen LogP contribution is -2.34. The van der Waals surface area contributed by atoms with Gasteiger partial charge in [-0.2, -0.15) is 0 Å². The van der Waals surface area contributed by atoms with E-state index in [0.29, 0.717) is 6.04 Å². The van der Waals surface area contributed by atoms with Crippen molar-refractivity contribution in [2.24, 2.45) is 11.8 Å². The van der Waals surface area contributed by atoms with E-state index in [1.165, 1.54) is 12.8 Å². The van der Waals surface area contributed by atoms with E-state index in [-0.39, 0.29) is 0 Å². The Hall–Kier alpha value is -0.0800. The minimum absolute atomic E-state index is 0.658. The monoisotopic (exact) mass is 215 g/mol. The van der Waals surface area contributed by atoms with E-state index in [1.807, 2.05) is 6.92 Å². The molecule has 0 aliphatic heterocycles. The molecule has 2 heteroatoms. The van der Waals surface area contributed by atoms with Crippen molar-refractivity contribution in [3.63, 3.8) is 0 Å². The Morgan fingerprint density at radius 3 is 1.93 bits per heavy atom. The van der Waals surface area contributed by atoms with Crippen molar-refractivity contribution < 1.29 is 4.74 Å². The normalized spacial score (nSPS) is 12.0. The molecule has 0 aliphatic rings. The van der Waals surface area contributed by atoms with Gasteiger partial charge in [-0.1, -0.05) is 27.7 Å². The topological polar surface area (TPSA) is 21.3 Å². The predicted molar refractivity (Wildman–Crippen MR) is 67.2 cm³/mol. The lowest BCUT2D eigenvalue weighted by atomic mass is 9.96. The first-order chi connectivity index (χ1) is 7.06. The second-order valence-corrected chi connectivity index (χ2v) is 5.11. The summed E-state index contributed by atoms with van der Waals surface area (Å²) in [6.07, 6.45) is 2.54. The van der Waals surface area contributed by atoms with Gasteiger partial charge in [-0.05, 0) is 31.6 Å². The van der Waals surface area contributed by atoms with Crippen LogP contribution in [0.4, 0.5) is 0 Å². The highest BCUT2D eigenvalue weighted by Gasteiger charge is 2.11. The van der Waals surface area contributed by atoms with Crippen molar-refractivity contribution in [3.05, 3.63) is 0 Å². The maximum absolute atomic E-state index is 5.33. The van der Waals surface area contributed by atoms with Crippen LogP contribution in [0.1, 0.15) is 47.5 Å². The van der Waals surface area contributed by atoms with Crippen molar-refractivity contribution in [1.82, 2.24) is 5.32 Å². The zero-order valence-corrected chi connectivity index (χ0v) is 11.2. The van der Waals surface area contributed by atoms with Crippen LogP contribution >= 0.6 is 0 Å². The second kappa shape index (κ2) is 9.17. The van der Waals surface area contributed by atoms with Gasteiger partial charge in [0.1, 0.15) is 0 Å². The van der Waals surface area contributed by atoms with Crippen molar-refractivity contribution >= 4 is 0 Å². The van der Waals surface area contributed by atoms with Crippen LogP contribution in [0, 0.1) is 11.8 Å². The van der Waals surface area contributed by atoms with Gasteiger partial charge in [-0.25, -0.2) is 0 Å². The van der Waals surface area contributed by atoms with E-state index in [9.17, 15) is 0 Å². The fourth-order valence-corrected chi connectivity index (χ4v) is 1.88. The fourth-order valence-electron chi connectivity index (χ4n) is 1.88. The number of hydrogen-bond donors (Lipinski definition) is 1. The van der Waals surface area contributed by atoms with Gasteiger partial charge in [0.05, 0.1) is 6.61 Å². The smallest absolute Gasteiger partial charge is 0.0590 e. The lowest BCUT2D eigenvalue weighted by molar-refractivity contribution is 0.144. The summed E-state index contributed by atoms with van der Waals surface area (Å²) < 4.78 is 5.33. The maximum atomic E-state index is 5.33. The highest BCUT2D eigenvalue weighted by Crippen LogP contribution is 2.12. The molecule has 0 spiro atoms. The van der Waals surface area contributed by atoms with Gasteiger partial charge in [0.25, 0.3) is 0 Å². The molecule has 0 fully saturated rings. The average Bonchev–Trinajstić information content (AvgIpc) is 2.10. The Kier molecular flexibility index (Phi) is 9.12. The van der Waals surface area contributed by atoms with Crippen molar-refractivity contribution in [2.75, 3.05) is 19.8 Å². The van der Waals surface area contributed by atoms with E-state index in [2.05, 4.69) is 33.0 Å². The summed E-state index contributed by atoms with van der Waals surface area (Å²) in [4.78, 5) is 0. The first kappa shape index (κ1) is 14.9. The molecule has 0 aromatic carbocycles. The van der Waals surface area contributed by atoms with Crippen LogP contribution in [-0.4, -0.2) is 25.8 Å². The molecule has 0 rings (SSSR count). The molecule has 0 bridgehead atoms. The summed E-state index contributed by atoms with van der Waals surface area (Å²) in [5.41, 5.74) is 0. The van der Waals surface area contributed by atoms with Gasteiger partial charge in [-0.15, -0.1) is 0 Å². The molecule has 0 saturated carbocycles. The summed E-state index contributed by atoms with van der Waals surface area (Å²) in [7, 11) is 0. The van der Waals surface area contributed by atoms with Crippen LogP contribution in [-0.2, 0) is 4.74 Å². The molecule has 0 amide bonds. The molecule has 0 saturated heterocycles. The lowest BCUT2D eigenvalue weighted by Gasteiger charge is -2.22. The van der Waals surface area contributed by atoms with Gasteiger partial charge in [0.2, 0.25) is 0 Å². The zero-order chi connectivity index (χ0) is 11.7. The first-order valence-corrected chi connectivity index (χ1v) is 6.37. The molecule has 0 radical (unpaired) electrons. The predicted octanol–water partition coefficient (Wildman–Crippen LogP) is 3.07.